The zero-order chi connectivity index (χ0) is 22.5. The summed E-state index contributed by atoms with van der Waals surface area (Å²) in [4.78, 5) is 42.1. The van der Waals surface area contributed by atoms with Gasteiger partial charge in [0.15, 0.2) is 0 Å². The summed E-state index contributed by atoms with van der Waals surface area (Å²) in [6.45, 7) is 1.60. The minimum atomic E-state index is -0.578. The molecule has 166 valence electrons. The number of carbonyl (C=O) groups excluding carboxylic acids is 2. The molecule has 0 spiro atoms. The van der Waals surface area contributed by atoms with Gasteiger partial charge in [-0.25, -0.2) is 0 Å². The molecule has 3 rings (SSSR count). The summed E-state index contributed by atoms with van der Waals surface area (Å²) >= 11 is 14.1. The number of likely N-dealkylation sites (tertiary alicyclic amines) is 1. The second-order valence-electron chi connectivity index (χ2n) is 6.90. The first-order valence-electron chi connectivity index (χ1n) is 9.25. The molecule has 0 aromatic carbocycles. The number of nitrogens with zero attached hydrogens (tertiary/aromatic N) is 3. The predicted molar refractivity (Wildman–Crippen MR) is 120 cm³/mol. The highest BCUT2D eigenvalue weighted by Crippen LogP contribution is 2.45. The van der Waals surface area contributed by atoms with Crippen LogP contribution in [0.15, 0.2) is 27.6 Å². The average Bonchev–Trinajstić information content (AvgIpc) is 3.15. The molecule has 0 unspecified atom stereocenters. The molecule has 0 radical (unpaired) electrons. The topological polar surface area (TPSA) is 117 Å². The maximum atomic E-state index is 12.5. The van der Waals surface area contributed by atoms with E-state index in [1.54, 1.807) is 0 Å². The Kier molecular flexibility index (Phi) is 8.11. The van der Waals surface area contributed by atoms with Gasteiger partial charge in [-0.2, -0.15) is 0 Å². The summed E-state index contributed by atoms with van der Waals surface area (Å²) in [5, 5.41) is 17.4. The first kappa shape index (κ1) is 23.7. The van der Waals surface area contributed by atoms with Gasteiger partial charge in [0.25, 0.3) is 11.6 Å². The van der Waals surface area contributed by atoms with Crippen molar-refractivity contribution in [1.29, 1.82) is 0 Å². The third-order valence-corrected chi connectivity index (χ3v) is 7.85. The molecule has 1 fully saturated rings. The van der Waals surface area contributed by atoms with E-state index in [0.717, 1.165) is 49.0 Å². The van der Waals surface area contributed by atoms with Gasteiger partial charge in [0.05, 0.1) is 26.4 Å². The van der Waals surface area contributed by atoms with E-state index in [-0.39, 0.29) is 43.3 Å². The number of piperidine rings is 1. The molecule has 1 saturated heterocycles. The van der Waals surface area contributed by atoms with E-state index in [1.165, 1.54) is 18.5 Å². The van der Waals surface area contributed by atoms with Crippen LogP contribution in [0.3, 0.4) is 0 Å². The lowest BCUT2D eigenvalue weighted by molar-refractivity contribution is -0.387. The van der Waals surface area contributed by atoms with Crippen LogP contribution < -0.4 is 10.6 Å². The first-order valence-corrected chi connectivity index (χ1v) is 11.6. The van der Waals surface area contributed by atoms with Crippen LogP contribution in [0.25, 0.3) is 0 Å². The molecule has 31 heavy (non-hydrogen) atoms. The SMILES string of the molecule is CN1CCC(NC(=O)CNC(=O)c2cc([N+](=O)[O-])c(Sc3c(Cl)cncc3Cl)s2)CC1. The molecule has 1 aliphatic rings. The fourth-order valence-electron chi connectivity index (χ4n) is 2.95. The second kappa shape index (κ2) is 10.6. The minimum absolute atomic E-state index is 0.0845. The highest BCUT2D eigenvalue weighted by atomic mass is 35.5. The van der Waals surface area contributed by atoms with Gasteiger partial charge in [-0.05, 0) is 33.0 Å². The Morgan fingerprint density at radius 3 is 2.58 bits per heavy atom. The number of thiophene rings is 1. The molecule has 9 nitrogen and oxygen atoms in total. The molecular weight excluding hydrogens is 485 g/mol. The van der Waals surface area contributed by atoms with Crippen molar-refractivity contribution in [1.82, 2.24) is 20.5 Å². The number of carbonyl (C=O) groups is 2. The van der Waals surface area contributed by atoms with E-state index >= 15 is 0 Å². The largest absolute Gasteiger partial charge is 0.352 e. The van der Waals surface area contributed by atoms with Crippen molar-refractivity contribution in [2.75, 3.05) is 26.7 Å². The van der Waals surface area contributed by atoms with Gasteiger partial charge in [-0.3, -0.25) is 24.7 Å². The molecule has 0 atom stereocenters. The summed E-state index contributed by atoms with van der Waals surface area (Å²) < 4.78 is 0.251. The standard InChI is InChI=1S/C18H19Cl2N5O4S2/c1-24-4-2-10(3-5-24)23-15(26)9-22-17(27)14-6-13(25(28)29)18(30-14)31-16-11(19)7-21-8-12(16)20/h6-8,10H,2-5,9H2,1H3,(H,22,27)(H,23,26). The van der Waals surface area contributed by atoms with Gasteiger partial charge < -0.3 is 15.5 Å². The van der Waals surface area contributed by atoms with E-state index < -0.39 is 10.8 Å². The Morgan fingerprint density at radius 2 is 1.97 bits per heavy atom. The summed E-state index contributed by atoms with van der Waals surface area (Å²) in [6, 6.07) is 1.27. The van der Waals surface area contributed by atoms with Crippen LogP contribution in [0.1, 0.15) is 22.5 Å². The molecule has 2 aromatic heterocycles. The van der Waals surface area contributed by atoms with Gasteiger partial charge in [0.1, 0.15) is 9.09 Å². The molecule has 0 bridgehead atoms. The van der Waals surface area contributed by atoms with Gasteiger partial charge in [-0.15, -0.1) is 11.3 Å². The summed E-state index contributed by atoms with van der Waals surface area (Å²) in [7, 11) is 2.03. The molecular formula is C18H19Cl2N5O4S2. The molecule has 0 aliphatic carbocycles. The summed E-state index contributed by atoms with van der Waals surface area (Å²) in [6.07, 6.45) is 4.47. The first-order chi connectivity index (χ1) is 14.7. The van der Waals surface area contributed by atoms with Crippen LogP contribution in [-0.2, 0) is 4.79 Å². The van der Waals surface area contributed by atoms with Gasteiger partial charge >= 0.3 is 0 Å². The number of hydrogen-bond acceptors (Lipinski definition) is 8. The van der Waals surface area contributed by atoms with Crippen LogP contribution >= 0.6 is 46.3 Å². The molecule has 0 saturated carbocycles. The number of hydrogen-bond donors (Lipinski definition) is 2. The lowest BCUT2D eigenvalue weighted by Crippen LogP contribution is -2.46. The zero-order valence-electron chi connectivity index (χ0n) is 16.4. The number of pyridine rings is 1. The zero-order valence-corrected chi connectivity index (χ0v) is 19.5. The van der Waals surface area contributed by atoms with E-state index in [9.17, 15) is 19.7 Å². The molecule has 2 aromatic rings. The van der Waals surface area contributed by atoms with Crippen LogP contribution in [-0.4, -0.2) is 59.3 Å². The third-order valence-electron chi connectivity index (χ3n) is 4.60. The lowest BCUT2D eigenvalue weighted by atomic mass is 10.1. The van der Waals surface area contributed by atoms with Crippen LogP contribution in [0.4, 0.5) is 5.69 Å². The number of halogens is 2. The van der Waals surface area contributed by atoms with E-state index in [1.807, 2.05) is 7.05 Å². The Labute approximate surface area is 196 Å². The third kappa shape index (κ3) is 6.30. The molecule has 2 N–H and O–H groups in total. The van der Waals surface area contributed by atoms with Gasteiger partial charge in [0, 0.05) is 24.5 Å². The molecule has 1 aliphatic heterocycles. The van der Waals surface area contributed by atoms with Gasteiger partial charge in [-0.1, -0.05) is 35.0 Å². The van der Waals surface area contributed by atoms with E-state index in [0.29, 0.717) is 4.90 Å². The summed E-state index contributed by atoms with van der Waals surface area (Å²) in [5.41, 5.74) is -0.236. The summed E-state index contributed by atoms with van der Waals surface area (Å²) in [5.74, 6) is -0.857. The van der Waals surface area contributed by atoms with Crippen molar-refractivity contribution >= 4 is 63.8 Å². The van der Waals surface area contributed by atoms with E-state index in [2.05, 4.69) is 20.5 Å². The van der Waals surface area contributed by atoms with Crippen molar-refractivity contribution < 1.29 is 14.5 Å². The van der Waals surface area contributed by atoms with Crippen molar-refractivity contribution in [3.8, 4) is 0 Å². The van der Waals surface area contributed by atoms with Crippen molar-refractivity contribution in [2.24, 2.45) is 0 Å². The average molecular weight is 504 g/mol. The van der Waals surface area contributed by atoms with Crippen LogP contribution in [0, 0.1) is 10.1 Å². The van der Waals surface area contributed by atoms with Crippen LogP contribution in [0.5, 0.6) is 0 Å². The fourth-order valence-corrected chi connectivity index (χ4v) is 5.73. The number of nitrogens with one attached hydrogen (secondary N) is 2. The van der Waals surface area contributed by atoms with Crippen molar-refractivity contribution in [2.45, 2.75) is 28.0 Å². The molecule has 3 heterocycles. The quantitative estimate of drug-likeness (QED) is 0.438. The van der Waals surface area contributed by atoms with Crippen molar-refractivity contribution in [3.63, 3.8) is 0 Å². The van der Waals surface area contributed by atoms with Crippen LogP contribution in [0.2, 0.25) is 10.0 Å². The number of amides is 2. The predicted octanol–water partition coefficient (Wildman–Crippen LogP) is 3.45. The minimum Gasteiger partial charge on any atom is -0.352 e. The Balaban J connectivity index is 1.64. The van der Waals surface area contributed by atoms with E-state index in [4.69, 9.17) is 23.2 Å². The number of aromatic nitrogens is 1. The molecule has 13 heteroatoms. The number of rotatable bonds is 7. The maximum Gasteiger partial charge on any atom is 0.294 e. The Bertz CT molecular complexity index is 975. The molecule has 2 amide bonds. The fraction of sp³-hybridized carbons (Fsp3) is 0.389. The monoisotopic (exact) mass is 503 g/mol. The number of nitro groups is 1. The second-order valence-corrected chi connectivity index (χ2v) is 10.0. The maximum absolute atomic E-state index is 12.5. The van der Waals surface area contributed by atoms with Crippen molar-refractivity contribution in [3.05, 3.63) is 43.5 Å². The highest BCUT2D eigenvalue weighted by Gasteiger charge is 2.25. The highest BCUT2D eigenvalue weighted by molar-refractivity contribution is 8.01. The Hall–Kier alpha value is -1.92. The normalized spacial score (nSPS) is 14.9. The Morgan fingerprint density at radius 1 is 1.32 bits per heavy atom. The van der Waals surface area contributed by atoms with Gasteiger partial charge in [0.2, 0.25) is 5.91 Å². The smallest absolute Gasteiger partial charge is 0.294 e. The lowest BCUT2D eigenvalue weighted by Gasteiger charge is -2.29.